The van der Waals surface area contributed by atoms with Gasteiger partial charge in [-0.05, 0) is 66.6 Å². The van der Waals surface area contributed by atoms with Crippen molar-refractivity contribution in [2.45, 2.75) is 44.6 Å². The molecule has 33 heavy (non-hydrogen) atoms. The molecule has 0 bridgehead atoms. The van der Waals surface area contributed by atoms with E-state index in [9.17, 15) is 13.2 Å². The molecular formula is C25H32N2O5S. The summed E-state index contributed by atoms with van der Waals surface area (Å²) >= 11 is 0. The third-order valence-electron chi connectivity index (χ3n) is 6.33. The van der Waals surface area contributed by atoms with Crippen molar-refractivity contribution in [3.63, 3.8) is 0 Å². The monoisotopic (exact) mass is 472 g/mol. The predicted molar refractivity (Wildman–Crippen MR) is 129 cm³/mol. The number of aryl methyl sites for hydroxylation is 1. The zero-order chi connectivity index (χ0) is 23.6. The predicted octanol–water partition coefficient (Wildman–Crippen LogP) is 3.58. The Morgan fingerprint density at radius 2 is 1.82 bits per heavy atom. The van der Waals surface area contributed by atoms with Gasteiger partial charge in [-0.3, -0.25) is 4.79 Å². The molecule has 0 spiro atoms. The molecule has 0 unspecified atom stereocenters. The summed E-state index contributed by atoms with van der Waals surface area (Å²) in [6.45, 7) is 3.16. The number of rotatable bonds is 10. The lowest BCUT2D eigenvalue weighted by Gasteiger charge is -2.20. The Balaban J connectivity index is 1.37. The molecule has 1 saturated heterocycles. The minimum atomic E-state index is -3.23. The third kappa shape index (κ3) is 5.68. The van der Waals surface area contributed by atoms with E-state index >= 15 is 0 Å². The number of likely N-dealkylation sites (N-methyl/N-ethyl adjacent to an activating group) is 1. The molecule has 2 aliphatic rings. The van der Waals surface area contributed by atoms with Crippen molar-refractivity contribution in [2.24, 2.45) is 0 Å². The topological polar surface area (TPSA) is 76.2 Å². The molecule has 1 saturated carbocycles. The highest BCUT2D eigenvalue weighted by molar-refractivity contribution is 7.88. The molecule has 1 aliphatic carbocycles. The molecule has 0 radical (unpaired) electrons. The summed E-state index contributed by atoms with van der Waals surface area (Å²) in [5.74, 6) is 2.10. The SMILES string of the molecule is CCc1cc(N2CC[C@H](Oc3ccc(C4CC4)cc3)C2=O)ccc1OCCN(C)S(C)(=O)=O. The standard InChI is InChI=1S/C25H32N2O5S/c1-4-18-17-21(9-12-23(18)31-16-15-26(2)33(3,29)30)27-14-13-24(25(27)28)32-22-10-7-20(8-11-22)19-5-6-19/h7-12,17,19,24H,4-6,13-16H2,1-3H3/t24-/m0/s1. The Kier molecular flexibility index (Phi) is 6.95. The molecule has 1 amide bonds. The lowest BCUT2D eigenvalue weighted by molar-refractivity contribution is -0.122. The number of hydrogen-bond donors (Lipinski definition) is 0. The van der Waals surface area contributed by atoms with Crippen LogP contribution in [0, 0.1) is 0 Å². The maximum absolute atomic E-state index is 13.0. The fourth-order valence-electron chi connectivity index (χ4n) is 4.02. The van der Waals surface area contributed by atoms with Crippen LogP contribution in [-0.2, 0) is 21.2 Å². The number of carbonyl (C=O) groups is 1. The summed E-state index contributed by atoms with van der Waals surface area (Å²) in [4.78, 5) is 14.8. The first-order valence-electron chi connectivity index (χ1n) is 11.5. The molecule has 7 nitrogen and oxygen atoms in total. The third-order valence-corrected chi connectivity index (χ3v) is 7.64. The highest BCUT2D eigenvalue weighted by atomic mass is 32.2. The van der Waals surface area contributed by atoms with Crippen molar-refractivity contribution >= 4 is 21.6 Å². The highest BCUT2D eigenvalue weighted by Gasteiger charge is 2.34. The first-order chi connectivity index (χ1) is 15.8. The smallest absolute Gasteiger partial charge is 0.268 e. The lowest BCUT2D eigenvalue weighted by atomic mass is 10.1. The molecule has 2 fully saturated rings. The summed E-state index contributed by atoms with van der Waals surface area (Å²) in [7, 11) is -1.70. The zero-order valence-corrected chi connectivity index (χ0v) is 20.3. The van der Waals surface area contributed by atoms with Crippen LogP contribution in [0.2, 0.25) is 0 Å². The van der Waals surface area contributed by atoms with Gasteiger partial charge in [0.1, 0.15) is 18.1 Å². The van der Waals surface area contributed by atoms with Gasteiger partial charge in [-0.15, -0.1) is 0 Å². The number of anilines is 1. The Morgan fingerprint density at radius 1 is 1.09 bits per heavy atom. The van der Waals surface area contributed by atoms with Crippen molar-refractivity contribution in [1.29, 1.82) is 0 Å². The van der Waals surface area contributed by atoms with Gasteiger partial charge in [0.2, 0.25) is 10.0 Å². The van der Waals surface area contributed by atoms with Crippen LogP contribution in [0.4, 0.5) is 5.69 Å². The fourth-order valence-corrected chi connectivity index (χ4v) is 4.43. The molecule has 1 aliphatic heterocycles. The van der Waals surface area contributed by atoms with Crippen molar-refractivity contribution in [3.05, 3.63) is 53.6 Å². The van der Waals surface area contributed by atoms with Crippen LogP contribution in [0.3, 0.4) is 0 Å². The maximum atomic E-state index is 13.0. The van der Waals surface area contributed by atoms with Crippen LogP contribution in [0.1, 0.15) is 43.2 Å². The summed E-state index contributed by atoms with van der Waals surface area (Å²) in [6, 6.07) is 13.8. The molecule has 0 N–H and O–H groups in total. The molecule has 8 heteroatoms. The molecule has 2 aromatic rings. The number of ether oxygens (including phenoxy) is 2. The fraction of sp³-hybridized carbons (Fsp3) is 0.480. The number of nitrogens with zero attached hydrogens (tertiary/aromatic N) is 2. The zero-order valence-electron chi connectivity index (χ0n) is 19.5. The van der Waals surface area contributed by atoms with Gasteiger partial charge in [0.25, 0.3) is 5.91 Å². The number of hydrogen-bond acceptors (Lipinski definition) is 5. The molecule has 4 rings (SSSR count). The van der Waals surface area contributed by atoms with Crippen LogP contribution >= 0.6 is 0 Å². The van der Waals surface area contributed by atoms with Gasteiger partial charge in [-0.2, -0.15) is 0 Å². The van der Waals surface area contributed by atoms with Crippen molar-refractivity contribution < 1.29 is 22.7 Å². The Morgan fingerprint density at radius 3 is 2.45 bits per heavy atom. The summed E-state index contributed by atoms with van der Waals surface area (Å²) < 4.78 is 36.2. The quantitative estimate of drug-likeness (QED) is 0.528. The van der Waals surface area contributed by atoms with Crippen molar-refractivity contribution in [2.75, 3.05) is 37.9 Å². The lowest BCUT2D eigenvalue weighted by Crippen LogP contribution is -2.32. The molecular weight excluding hydrogens is 440 g/mol. The van der Waals surface area contributed by atoms with Gasteiger partial charge in [0, 0.05) is 32.2 Å². The van der Waals surface area contributed by atoms with Crippen LogP contribution < -0.4 is 14.4 Å². The Bertz CT molecular complexity index is 1100. The minimum absolute atomic E-state index is 0.0354. The van der Waals surface area contributed by atoms with Gasteiger partial charge in [0.15, 0.2) is 6.10 Å². The average molecular weight is 473 g/mol. The summed E-state index contributed by atoms with van der Waals surface area (Å²) in [6.07, 6.45) is 4.59. The average Bonchev–Trinajstić information content (AvgIpc) is 3.58. The van der Waals surface area contributed by atoms with Crippen LogP contribution in [0.15, 0.2) is 42.5 Å². The van der Waals surface area contributed by atoms with E-state index in [1.54, 1.807) is 4.90 Å². The second kappa shape index (κ2) is 9.73. The van der Waals surface area contributed by atoms with Gasteiger partial charge >= 0.3 is 0 Å². The van der Waals surface area contributed by atoms with E-state index in [1.165, 1.54) is 36.0 Å². The van der Waals surface area contributed by atoms with Gasteiger partial charge in [0.05, 0.1) is 6.26 Å². The summed E-state index contributed by atoms with van der Waals surface area (Å²) in [5.41, 5.74) is 3.15. The van der Waals surface area contributed by atoms with Crippen LogP contribution in [0.25, 0.3) is 0 Å². The normalized spacial score (nSPS) is 18.7. The second-order valence-corrected chi connectivity index (χ2v) is 10.9. The minimum Gasteiger partial charge on any atom is -0.492 e. The first-order valence-corrected chi connectivity index (χ1v) is 13.4. The molecule has 178 valence electrons. The molecule has 1 atom stereocenters. The highest BCUT2D eigenvalue weighted by Crippen LogP contribution is 2.40. The van der Waals surface area contributed by atoms with E-state index in [4.69, 9.17) is 9.47 Å². The van der Waals surface area contributed by atoms with Gasteiger partial charge in [-0.25, -0.2) is 12.7 Å². The Hall–Kier alpha value is -2.58. The Labute approximate surface area is 196 Å². The van der Waals surface area contributed by atoms with Crippen LogP contribution in [-0.4, -0.2) is 57.7 Å². The van der Waals surface area contributed by atoms with Gasteiger partial charge in [-0.1, -0.05) is 19.1 Å². The van der Waals surface area contributed by atoms with E-state index in [-0.39, 0.29) is 19.1 Å². The van der Waals surface area contributed by atoms with Gasteiger partial charge < -0.3 is 14.4 Å². The number of amides is 1. The van der Waals surface area contributed by atoms with E-state index in [0.717, 1.165) is 23.4 Å². The number of sulfonamides is 1. The van der Waals surface area contributed by atoms with E-state index in [0.29, 0.717) is 24.6 Å². The van der Waals surface area contributed by atoms with E-state index in [2.05, 4.69) is 12.1 Å². The second-order valence-electron chi connectivity index (χ2n) is 8.81. The van der Waals surface area contributed by atoms with Crippen molar-refractivity contribution in [1.82, 2.24) is 4.31 Å². The van der Waals surface area contributed by atoms with Crippen molar-refractivity contribution in [3.8, 4) is 11.5 Å². The maximum Gasteiger partial charge on any atom is 0.268 e. The number of benzene rings is 2. The van der Waals surface area contributed by atoms with Crippen LogP contribution in [0.5, 0.6) is 11.5 Å². The van der Waals surface area contributed by atoms with E-state index in [1.807, 2.05) is 37.3 Å². The number of carbonyl (C=O) groups excluding carboxylic acids is 1. The first kappa shape index (κ1) is 23.6. The summed E-state index contributed by atoms with van der Waals surface area (Å²) in [5, 5.41) is 0. The largest absolute Gasteiger partial charge is 0.492 e. The molecule has 0 aromatic heterocycles. The molecule has 1 heterocycles. The molecule has 2 aromatic carbocycles. The van der Waals surface area contributed by atoms with E-state index < -0.39 is 16.1 Å².